The second-order valence-electron chi connectivity index (χ2n) is 5.94. The van der Waals surface area contributed by atoms with E-state index in [2.05, 4.69) is 17.1 Å². The summed E-state index contributed by atoms with van der Waals surface area (Å²) in [6, 6.07) is -0.443. The highest BCUT2D eigenvalue weighted by atomic mass is 19.4. The summed E-state index contributed by atoms with van der Waals surface area (Å²) in [6.07, 6.45) is -2.75. The first-order valence-electron chi connectivity index (χ1n) is 7.73. The highest BCUT2D eigenvalue weighted by Crippen LogP contribution is 2.32. The van der Waals surface area contributed by atoms with Gasteiger partial charge in [0.1, 0.15) is 0 Å². The summed E-state index contributed by atoms with van der Waals surface area (Å²) in [6.45, 7) is 6.10. The van der Waals surface area contributed by atoms with Crippen molar-refractivity contribution in [3.8, 4) is 0 Å². The zero-order valence-corrected chi connectivity index (χ0v) is 12.5. The maximum Gasteiger partial charge on any atom is 0.393 e. The van der Waals surface area contributed by atoms with Crippen LogP contribution in [0, 0.1) is 5.92 Å². The van der Waals surface area contributed by atoms with Gasteiger partial charge in [0.15, 0.2) is 0 Å². The SMILES string of the molecule is CCCN1CCN(C(=O)C2CCC(C(F)(F)F)CN2)CC1. The molecule has 2 saturated heterocycles. The molecule has 0 bridgehead atoms. The summed E-state index contributed by atoms with van der Waals surface area (Å²) < 4.78 is 37.8. The molecule has 2 aliphatic rings. The third-order valence-corrected chi connectivity index (χ3v) is 4.40. The highest BCUT2D eigenvalue weighted by Gasteiger charge is 2.43. The molecule has 2 fully saturated rings. The lowest BCUT2D eigenvalue weighted by molar-refractivity contribution is -0.180. The first-order valence-corrected chi connectivity index (χ1v) is 7.73. The average molecular weight is 307 g/mol. The Morgan fingerprint density at radius 2 is 1.86 bits per heavy atom. The van der Waals surface area contributed by atoms with Gasteiger partial charge in [-0.05, 0) is 25.8 Å². The zero-order chi connectivity index (χ0) is 15.5. The summed E-state index contributed by atoms with van der Waals surface area (Å²) >= 11 is 0. The van der Waals surface area contributed by atoms with Crippen LogP contribution in [0.1, 0.15) is 26.2 Å². The highest BCUT2D eigenvalue weighted by molar-refractivity contribution is 5.82. The molecule has 0 aromatic heterocycles. The molecule has 0 spiro atoms. The van der Waals surface area contributed by atoms with Crippen LogP contribution in [0.15, 0.2) is 0 Å². The molecule has 2 aliphatic heterocycles. The number of amides is 1. The van der Waals surface area contributed by atoms with Gasteiger partial charge in [0.25, 0.3) is 0 Å². The first kappa shape index (κ1) is 16.5. The van der Waals surface area contributed by atoms with E-state index in [-0.39, 0.29) is 25.3 Å². The number of carbonyl (C=O) groups is 1. The van der Waals surface area contributed by atoms with Crippen LogP contribution in [0.25, 0.3) is 0 Å². The Balaban J connectivity index is 1.78. The van der Waals surface area contributed by atoms with Crippen molar-refractivity contribution in [2.75, 3.05) is 39.3 Å². The number of piperazine rings is 1. The van der Waals surface area contributed by atoms with E-state index in [1.165, 1.54) is 0 Å². The number of rotatable bonds is 3. The van der Waals surface area contributed by atoms with Crippen LogP contribution in [0.4, 0.5) is 13.2 Å². The van der Waals surface area contributed by atoms with Crippen LogP contribution >= 0.6 is 0 Å². The Morgan fingerprint density at radius 1 is 1.19 bits per heavy atom. The summed E-state index contributed by atoms with van der Waals surface area (Å²) in [4.78, 5) is 16.4. The molecule has 2 rings (SSSR count). The minimum atomic E-state index is -4.16. The van der Waals surface area contributed by atoms with Gasteiger partial charge in [-0.3, -0.25) is 9.69 Å². The van der Waals surface area contributed by atoms with Gasteiger partial charge in [-0.1, -0.05) is 6.92 Å². The van der Waals surface area contributed by atoms with Crippen molar-refractivity contribution in [1.29, 1.82) is 0 Å². The van der Waals surface area contributed by atoms with Crippen LogP contribution < -0.4 is 5.32 Å². The van der Waals surface area contributed by atoms with Gasteiger partial charge < -0.3 is 10.2 Å². The number of carbonyl (C=O) groups excluding carboxylic acids is 1. The van der Waals surface area contributed by atoms with E-state index in [0.717, 1.165) is 26.1 Å². The Kier molecular flexibility index (Phi) is 5.48. The van der Waals surface area contributed by atoms with Gasteiger partial charge in [0, 0.05) is 32.7 Å². The van der Waals surface area contributed by atoms with Crippen molar-refractivity contribution in [1.82, 2.24) is 15.1 Å². The number of hydrogen-bond donors (Lipinski definition) is 1. The van der Waals surface area contributed by atoms with E-state index >= 15 is 0 Å². The summed E-state index contributed by atoms with van der Waals surface area (Å²) in [5.41, 5.74) is 0. The Hall–Kier alpha value is -0.820. The predicted octanol–water partition coefficient (Wildman–Crippen LogP) is 1.47. The molecule has 1 amide bonds. The van der Waals surface area contributed by atoms with Crippen molar-refractivity contribution < 1.29 is 18.0 Å². The molecule has 4 nitrogen and oxygen atoms in total. The quantitative estimate of drug-likeness (QED) is 0.858. The van der Waals surface area contributed by atoms with E-state index in [9.17, 15) is 18.0 Å². The Bertz CT molecular complexity index is 346. The molecule has 2 heterocycles. The Morgan fingerprint density at radius 3 is 2.33 bits per heavy atom. The standard InChI is InChI=1S/C14H24F3N3O/c1-2-5-19-6-8-20(9-7-19)13(21)12-4-3-11(10-18-12)14(15,16)17/h11-12,18H,2-10H2,1H3. The predicted molar refractivity (Wildman–Crippen MR) is 73.9 cm³/mol. The van der Waals surface area contributed by atoms with E-state index in [0.29, 0.717) is 13.1 Å². The topological polar surface area (TPSA) is 35.6 Å². The normalized spacial score (nSPS) is 28.7. The van der Waals surface area contributed by atoms with Crippen LogP contribution in [0.3, 0.4) is 0 Å². The summed E-state index contributed by atoms with van der Waals surface area (Å²) in [5, 5.41) is 2.78. The molecular formula is C14H24F3N3O. The van der Waals surface area contributed by atoms with Crippen molar-refractivity contribution in [3.63, 3.8) is 0 Å². The van der Waals surface area contributed by atoms with Crippen molar-refractivity contribution in [2.45, 2.75) is 38.4 Å². The lowest BCUT2D eigenvalue weighted by Crippen LogP contribution is -2.56. The lowest BCUT2D eigenvalue weighted by Gasteiger charge is -2.38. The van der Waals surface area contributed by atoms with E-state index in [1.807, 2.05) is 0 Å². The summed E-state index contributed by atoms with van der Waals surface area (Å²) in [5.74, 6) is -1.35. The number of piperidine rings is 1. The zero-order valence-electron chi connectivity index (χ0n) is 12.5. The van der Waals surface area contributed by atoms with Crippen molar-refractivity contribution >= 4 is 5.91 Å². The van der Waals surface area contributed by atoms with Gasteiger partial charge in [0.2, 0.25) is 5.91 Å². The number of alkyl halides is 3. The third kappa shape index (κ3) is 4.32. The minimum absolute atomic E-state index is 0.0354. The van der Waals surface area contributed by atoms with Crippen LogP contribution in [-0.4, -0.2) is 67.2 Å². The fourth-order valence-electron chi connectivity index (χ4n) is 3.08. The first-order chi connectivity index (χ1) is 9.91. The minimum Gasteiger partial charge on any atom is -0.339 e. The van der Waals surface area contributed by atoms with Gasteiger partial charge in [0.05, 0.1) is 12.0 Å². The molecule has 0 aliphatic carbocycles. The molecule has 21 heavy (non-hydrogen) atoms. The summed E-state index contributed by atoms with van der Waals surface area (Å²) in [7, 11) is 0. The number of hydrogen-bond acceptors (Lipinski definition) is 3. The van der Waals surface area contributed by atoms with Crippen LogP contribution in [-0.2, 0) is 4.79 Å². The monoisotopic (exact) mass is 307 g/mol. The van der Waals surface area contributed by atoms with Crippen LogP contribution in [0.5, 0.6) is 0 Å². The smallest absolute Gasteiger partial charge is 0.339 e. The molecule has 1 N–H and O–H groups in total. The second-order valence-corrected chi connectivity index (χ2v) is 5.94. The molecule has 2 atom stereocenters. The molecule has 2 unspecified atom stereocenters. The molecular weight excluding hydrogens is 283 g/mol. The molecule has 0 saturated carbocycles. The van der Waals surface area contributed by atoms with Gasteiger partial charge >= 0.3 is 6.18 Å². The van der Waals surface area contributed by atoms with Gasteiger partial charge in [-0.15, -0.1) is 0 Å². The molecule has 122 valence electrons. The number of nitrogens with one attached hydrogen (secondary N) is 1. The number of nitrogens with zero attached hydrogens (tertiary/aromatic N) is 2. The third-order valence-electron chi connectivity index (χ3n) is 4.40. The molecule has 7 heteroatoms. The fraction of sp³-hybridized carbons (Fsp3) is 0.929. The van der Waals surface area contributed by atoms with E-state index in [4.69, 9.17) is 0 Å². The lowest BCUT2D eigenvalue weighted by atomic mass is 9.93. The van der Waals surface area contributed by atoms with E-state index in [1.54, 1.807) is 4.90 Å². The largest absolute Gasteiger partial charge is 0.393 e. The maximum absolute atomic E-state index is 12.6. The van der Waals surface area contributed by atoms with Crippen molar-refractivity contribution in [2.24, 2.45) is 5.92 Å². The Labute approximate surface area is 123 Å². The number of halogens is 3. The molecule has 0 aromatic rings. The fourth-order valence-corrected chi connectivity index (χ4v) is 3.08. The molecule has 0 radical (unpaired) electrons. The van der Waals surface area contributed by atoms with Crippen molar-refractivity contribution in [3.05, 3.63) is 0 Å². The maximum atomic E-state index is 12.6. The second kappa shape index (κ2) is 6.96. The van der Waals surface area contributed by atoms with Crippen LogP contribution in [0.2, 0.25) is 0 Å². The van der Waals surface area contributed by atoms with E-state index < -0.39 is 18.1 Å². The average Bonchev–Trinajstić information content (AvgIpc) is 2.47. The van der Waals surface area contributed by atoms with Gasteiger partial charge in [-0.2, -0.15) is 13.2 Å². The van der Waals surface area contributed by atoms with Gasteiger partial charge in [-0.25, -0.2) is 0 Å². The molecule has 0 aromatic carbocycles.